The van der Waals surface area contributed by atoms with E-state index < -0.39 is 5.54 Å². The Hall–Kier alpha value is -0.960. The average molecular weight is 219 g/mol. The summed E-state index contributed by atoms with van der Waals surface area (Å²) >= 11 is 0. The molecule has 88 valence electrons. The van der Waals surface area contributed by atoms with Crippen LogP contribution in [-0.2, 0) is 5.54 Å². The highest BCUT2D eigenvalue weighted by molar-refractivity contribution is 5.12. The molecule has 16 heavy (non-hydrogen) atoms. The molecule has 1 heterocycles. The lowest BCUT2D eigenvalue weighted by Crippen LogP contribution is -2.31. The van der Waals surface area contributed by atoms with Crippen molar-refractivity contribution in [2.24, 2.45) is 5.73 Å². The van der Waals surface area contributed by atoms with Crippen molar-refractivity contribution < 1.29 is 0 Å². The fourth-order valence-electron chi connectivity index (χ4n) is 2.31. The summed E-state index contributed by atoms with van der Waals surface area (Å²) in [5.74, 6) is 1.38. The van der Waals surface area contributed by atoms with Crippen LogP contribution in [0.4, 0.5) is 0 Å². The van der Waals surface area contributed by atoms with Crippen molar-refractivity contribution in [2.45, 2.75) is 57.4 Å². The van der Waals surface area contributed by atoms with Crippen molar-refractivity contribution in [3.05, 3.63) is 23.8 Å². The van der Waals surface area contributed by atoms with Gasteiger partial charge in [0.15, 0.2) is 0 Å². The van der Waals surface area contributed by atoms with E-state index in [0.29, 0.717) is 5.92 Å². The first-order chi connectivity index (χ1) is 7.57. The fraction of sp³-hybridized carbons (Fsp3) is 0.692. The van der Waals surface area contributed by atoms with E-state index >= 15 is 0 Å². The summed E-state index contributed by atoms with van der Waals surface area (Å²) in [5, 5.41) is 0. The molecule has 2 rings (SSSR count). The molecule has 0 amide bonds. The molecule has 1 fully saturated rings. The van der Waals surface area contributed by atoms with Crippen LogP contribution in [-0.4, -0.2) is 9.97 Å². The first-order valence-electron chi connectivity index (χ1n) is 6.19. The van der Waals surface area contributed by atoms with Gasteiger partial charge < -0.3 is 5.73 Å². The Morgan fingerprint density at radius 1 is 1.25 bits per heavy atom. The molecule has 0 radical (unpaired) electrons. The molecule has 1 aromatic rings. The van der Waals surface area contributed by atoms with Gasteiger partial charge in [-0.05, 0) is 32.8 Å². The lowest BCUT2D eigenvalue weighted by atomic mass is 9.87. The van der Waals surface area contributed by atoms with Gasteiger partial charge in [0.1, 0.15) is 5.82 Å². The maximum absolute atomic E-state index is 6.03. The Morgan fingerprint density at radius 2 is 1.94 bits per heavy atom. The number of aromatic nitrogens is 2. The lowest BCUT2D eigenvalue weighted by molar-refractivity contribution is 0.429. The summed E-state index contributed by atoms with van der Waals surface area (Å²) < 4.78 is 0. The Bertz CT molecular complexity index is 348. The summed E-state index contributed by atoms with van der Waals surface area (Å²) in [6.45, 7) is 3.90. The number of hydrogen-bond donors (Lipinski definition) is 1. The Balaban J connectivity index is 2.21. The van der Waals surface area contributed by atoms with Crippen molar-refractivity contribution >= 4 is 0 Å². The van der Waals surface area contributed by atoms with Gasteiger partial charge in [-0.25, -0.2) is 9.97 Å². The molecular formula is C13H21N3. The highest BCUT2D eigenvalue weighted by Crippen LogP contribution is 2.31. The number of nitrogens with two attached hydrogens (primary N) is 1. The third-order valence-electron chi connectivity index (χ3n) is 3.28. The van der Waals surface area contributed by atoms with Gasteiger partial charge in [0.25, 0.3) is 0 Å². The van der Waals surface area contributed by atoms with E-state index in [2.05, 4.69) is 9.97 Å². The molecule has 3 nitrogen and oxygen atoms in total. The minimum absolute atomic E-state index is 0.440. The first-order valence-corrected chi connectivity index (χ1v) is 6.19. The normalized spacial score (nSPS) is 18.7. The van der Waals surface area contributed by atoms with E-state index in [1.54, 1.807) is 0 Å². The predicted octanol–water partition coefficient (Wildman–Crippen LogP) is 2.72. The van der Waals surface area contributed by atoms with Gasteiger partial charge in [-0.15, -0.1) is 0 Å². The van der Waals surface area contributed by atoms with E-state index in [1.807, 2.05) is 26.1 Å². The van der Waals surface area contributed by atoms with Crippen LogP contribution >= 0.6 is 0 Å². The SMILES string of the molecule is CC(C)(N)c1nccc(C2CCCCC2)n1. The van der Waals surface area contributed by atoms with E-state index in [0.717, 1.165) is 5.82 Å². The van der Waals surface area contributed by atoms with E-state index in [4.69, 9.17) is 5.73 Å². The smallest absolute Gasteiger partial charge is 0.147 e. The Morgan fingerprint density at radius 3 is 2.56 bits per heavy atom. The quantitative estimate of drug-likeness (QED) is 0.832. The average Bonchev–Trinajstić information content (AvgIpc) is 2.29. The lowest BCUT2D eigenvalue weighted by Gasteiger charge is -2.23. The highest BCUT2D eigenvalue weighted by Gasteiger charge is 2.21. The zero-order chi connectivity index (χ0) is 11.6. The fourth-order valence-corrected chi connectivity index (χ4v) is 2.31. The van der Waals surface area contributed by atoms with Crippen LogP contribution in [0.3, 0.4) is 0 Å². The maximum Gasteiger partial charge on any atom is 0.147 e. The van der Waals surface area contributed by atoms with Gasteiger partial charge in [-0.1, -0.05) is 19.3 Å². The molecule has 3 heteroatoms. The second-order valence-electron chi connectivity index (χ2n) is 5.36. The topological polar surface area (TPSA) is 51.8 Å². The van der Waals surface area contributed by atoms with Gasteiger partial charge in [0.05, 0.1) is 5.54 Å². The third kappa shape index (κ3) is 2.59. The van der Waals surface area contributed by atoms with Crippen molar-refractivity contribution in [1.29, 1.82) is 0 Å². The molecular weight excluding hydrogens is 198 g/mol. The van der Waals surface area contributed by atoms with Crippen molar-refractivity contribution in [2.75, 3.05) is 0 Å². The van der Waals surface area contributed by atoms with Crippen LogP contribution in [0, 0.1) is 0 Å². The molecule has 1 aromatic heterocycles. The van der Waals surface area contributed by atoms with Crippen molar-refractivity contribution in [1.82, 2.24) is 9.97 Å². The number of nitrogens with zero attached hydrogens (tertiary/aromatic N) is 2. The summed E-state index contributed by atoms with van der Waals surface area (Å²) in [6.07, 6.45) is 8.41. The van der Waals surface area contributed by atoms with Crippen LogP contribution in [0.1, 0.15) is 63.4 Å². The molecule has 0 spiro atoms. The predicted molar refractivity (Wildman–Crippen MR) is 65.1 cm³/mol. The second kappa shape index (κ2) is 4.50. The van der Waals surface area contributed by atoms with E-state index in [9.17, 15) is 0 Å². The van der Waals surface area contributed by atoms with Crippen LogP contribution in [0.25, 0.3) is 0 Å². The van der Waals surface area contributed by atoms with Crippen molar-refractivity contribution in [3.8, 4) is 0 Å². The van der Waals surface area contributed by atoms with Crippen LogP contribution in [0.2, 0.25) is 0 Å². The Labute approximate surface area is 97.5 Å². The van der Waals surface area contributed by atoms with Gasteiger partial charge >= 0.3 is 0 Å². The van der Waals surface area contributed by atoms with Crippen molar-refractivity contribution in [3.63, 3.8) is 0 Å². The zero-order valence-corrected chi connectivity index (χ0v) is 10.2. The standard InChI is InChI=1S/C13H21N3/c1-13(2,14)12-15-9-8-11(16-12)10-6-4-3-5-7-10/h8-10H,3-7,14H2,1-2H3. The molecule has 1 aliphatic rings. The summed E-state index contributed by atoms with van der Waals surface area (Å²) in [7, 11) is 0. The molecule has 0 bridgehead atoms. The monoisotopic (exact) mass is 219 g/mol. The maximum atomic E-state index is 6.03. The largest absolute Gasteiger partial charge is 0.319 e. The second-order valence-corrected chi connectivity index (χ2v) is 5.36. The molecule has 0 saturated heterocycles. The third-order valence-corrected chi connectivity index (χ3v) is 3.28. The minimum Gasteiger partial charge on any atom is -0.319 e. The molecule has 0 unspecified atom stereocenters. The van der Waals surface area contributed by atoms with Gasteiger partial charge in [-0.3, -0.25) is 0 Å². The number of hydrogen-bond acceptors (Lipinski definition) is 3. The summed E-state index contributed by atoms with van der Waals surface area (Å²) in [6, 6.07) is 2.05. The van der Waals surface area contributed by atoms with Crippen LogP contribution in [0.5, 0.6) is 0 Å². The molecule has 0 aromatic carbocycles. The molecule has 2 N–H and O–H groups in total. The first kappa shape index (κ1) is 11.5. The number of rotatable bonds is 2. The van der Waals surface area contributed by atoms with E-state index in [-0.39, 0.29) is 0 Å². The summed E-state index contributed by atoms with van der Waals surface area (Å²) in [5.41, 5.74) is 6.77. The molecule has 1 saturated carbocycles. The van der Waals surface area contributed by atoms with Gasteiger partial charge in [0, 0.05) is 17.8 Å². The molecule has 0 aliphatic heterocycles. The van der Waals surface area contributed by atoms with Gasteiger partial charge in [0.2, 0.25) is 0 Å². The minimum atomic E-state index is -0.440. The van der Waals surface area contributed by atoms with E-state index in [1.165, 1.54) is 37.8 Å². The Kier molecular flexibility index (Phi) is 3.24. The molecule has 0 atom stereocenters. The molecule has 1 aliphatic carbocycles. The zero-order valence-electron chi connectivity index (χ0n) is 10.2. The van der Waals surface area contributed by atoms with Crippen LogP contribution in [0.15, 0.2) is 12.3 Å². The van der Waals surface area contributed by atoms with Crippen LogP contribution < -0.4 is 5.73 Å². The summed E-state index contributed by atoms with van der Waals surface area (Å²) in [4.78, 5) is 8.90. The highest BCUT2D eigenvalue weighted by atomic mass is 15.0. The van der Waals surface area contributed by atoms with Gasteiger partial charge in [-0.2, -0.15) is 0 Å².